The molecule has 31 heavy (non-hydrogen) atoms. The largest absolute Gasteiger partial charge is 0.342 e. The van der Waals surface area contributed by atoms with E-state index < -0.39 is 0 Å². The van der Waals surface area contributed by atoms with Crippen molar-refractivity contribution in [1.82, 2.24) is 14.7 Å². The van der Waals surface area contributed by atoms with Crippen molar-refractivity contribution in [2.75, 3.05) is 39.8 Å². The zero-order valence-corrected chi connectivity index (χ0v) is 18.9. The van der Waals surface area contributed by atoms with Crippen molar-refractivity contribution in [1.29, 1.82) is 0 Å². The van der Waals surface area contributed by atoms with Crippen molar-refractivity contribution < 1.29 is 9.59 Å². The number of likely N-dealkylation sites (tertiary alicyclic amines) is 1. The average molecular weight is 420 g/mol. The zero-order chi connectivity index (χ0) is 22.0. The van der Waals surface area contributed by atoms with Gasteiger partial charge < -0.3 is 9.80 Å². The van der Waals surface area contributed by atoms with Crippen molar-refractivity contribution in [2.24, 2.45) is 0 Å². The first-order valence-corrected chi connectivity index (χ1v) is 11.5. The van der Waals surface area contributed by atoms with E-state index in [1.54, 1.807) is 4.90 Å². The summed E-state index contributed by atoms with van der Waals surface area (Å²) >= 11 is 0. The number of carbonyl (C=O) groups is 2. The molecule has 0 bridgehead atoms. The maximum atomic E-state index is 13.0. The van der Waals surface area contributed by atoms with E-state index in [4.69, 9.17) is 0 Å². The van der Waals surface area contributed by atoms with Gasteiger partial charge in [-0.1, -0.05) is 24.3 Å². The van der Waals surface area contributed by atoms with Gasteiger partial charge in [-0.2, -0.15) is 0 Å². The number of hydrogen-bond donors (Lipinski definition) is 0. The van der Waals surface area contributed by atoms with Crippen molar-refractivity contribution in [3.05, 3.63) is 59.2 Å². The summed E-state index contributed by atoms with van der Waals surface area (Å²) < 4.78 is 0. The molecule has 0 saturated carbocycles. The molecule has 0 aliphatic carbocycles. The third-order valence-corrected chi connectivity index (χ3v) is 6.91. The Morgan fingerprint density at radius 1 is 1.06 bits per heavy atom. The summed E-state index contributed by atoms with van der Waals surface area (Å²) in [5.41, 5.74) is 4.81. The van der Waals surface area contributed by atoms with E-state index in [0.717, 1.165) is 54.9 Å². The first-order valence-electron chi connectivity index (χ1n) is 11.5. The van der Waals surface area contributed by atoms with Crippen LogP contribution in [0.3, 0.4) is 0 Å². The van der Waals surface area contributed by atoms with Gasteiger partial charge in [0.05, 0.1) is 0 Å². The highest BCUT2D eigenvalue weighted by atomic mass is 16.2. The molecule has 2 amide bonds. The molecule has 2 aromatic rings. The van der Waals surface area contributed by atoms with Crippen LogP contribution in [0, 0.1) is 0 Å². The number of nitrogens with zero attached hydrogens (tertiary/aromatic N) is 3. The van der Waals surface area contributed by atoms with Crippen molar-refractivity contribution >= 4 is 11.8 Å². The maximum Gasteiger partial charge on any atom is 0.254 e. The van der Waals surface area contributed by atoms with Crippen LogP contribution in [0.15, 0.2) is 42.5 Å². The molecule has 0 radical (unpaired) electrons. The summed E-state index contributed by atoms with van der Waals surface area (Å²) in [5.74, 6) is 0.191. The van der Waals surface area contributed by atoms with Crippen LogP contribution < -0.4 is 0 Å². The SMILES string of the molecule is CCN(C)C(=O)c1ccc(-c2ccc3c(c2)CCN(CCN2CCC[C@H]2C)C3=O)cc1. The maximum absolute atomic E-state index is 13.0. The topological polar surface area (TPSA) is 43.9 Å². The van der Waals surface area contributed by atoms with Gasteiger partial charge in [0, 0.05) is 50.4 Å². The lowest BCUT2D eigenvalue weighted by atomic mass is 9.93. The minimum Gasteiger partial charge on any atom is -0.342 e. The Bertz CT molecular complexity index is 954. The molecule has 1 atom stereocenters. The molecule has 164 valence electrons. The predicted molar refractivity (Wildman–Crippen MR) is 124 cm³/mol. The predicted octanol–water partition coefficient (Wildman–Crippen LogP) is 3.93. The van der Waals surface area contributed by atoms with E-state index >= 15 is 0 Å². The Kier molecular flexibility index (Phi) is 6.42. The van der Waals surface area contributed by atoms with Crippen LogP contribution in [-0.2, 0) is 6.42 Å². The highest BCUT2D eigenvalue weighted by Gasteiger charge is 2.26. The molecule has 0 N–H and O–H groups in total. The Hall–Kier alpha value is -2.66. The highest BCUT2D eigenvalue weighted by molar-refractivity contribution is 5.97. The second kappa shape index (κ2) is 9.23. The molecule has 2 aromatic carbocycles. The fourth-order valence-corrected chi connectivity index (χ4v) is 4.67. The number of hydrogen-bond acceptors (Lipinski definition) is 3. The Labute approximate surface area is 185 Å². The minimum atomic E-state index is 0.0357. The lowest BCUT2D eigenvalue weighted by Crippen LogP contribution is -2.43. The van der Waals surface area contributed by atoms with Gasteiger partial charge in [0.2, 0.25) is 0 Å². The summed E-state index contributed by atoms with van der Waals surface area (Å²) in [7, 11) is 1.81. The van der Waals surface area contributed by atoms with Crippen LogP contribution in [-0.4, -0.2) is 72.3 Å². The standard InChI is InChI=1S/C26H33N3O2/c1-4-27(3)25(30)21-9-7-20(8-10-21)22-11-12-24-23(18-22)13-15-29(26(24)31)17-16-28-14-5-6-19(28)2/h7-12,18-19H,4-6,13-17H2,1-3H3/t19-/m1/s1. The van der Waals surface area contributed by atoms with Crippen molar-refractivity contribution in [2.45, 2.75) is 39.2 Å². The molecular formula is C26H33N3O2. The van der Waals surface area contributed by atoms with Gasteiger partial charge in [-0.05, 0) is 74.5 Å². The zero-order valence-electron chi connectivity index (χ0n) is 18.9. The van der Waals surface area contributed by atoms with Gasteiger partial charge in [-0.15, -0.1) is 0 Å². The molecule has 0 aromatic heterocycles. The van der Waals surface area contributed by atoms with E-state index in [0.29, 0.717) is 18.2 Å². The molecule has 2 heterocycles. The van der Waals surface area contributed by atoms with E-state index in [9.17, 15) is 9.59 Å². The third-order valence-electron chi connectivity index (χ3n) is 6.91. The lowest BCUT2D eigenvalue weighted by molar-refractivity contribution is 0.0716. The van der Waals surface area contributed by atoms with Gasteiger partial charge in [-0.3, -0.25) is 14.5 Å². The Morgan fingerprint density at radius 3 is 2.48 bits per heavy atom. The number of fused-ring (bicyclic) bond motifs is 1. The van der Waals surface area contributed by atoms with Crippen LogP contribution in [0.5, 0.6) is 0 Å². The molecule has 1 fully saturated rings. The number of rotatable bonds is 6. The van der Waals surface area contributed by atoms with E-state index in [-0.39, 0.29) is 11.8 Å². The lowest BCUT2D eigenvalue weighted by Gasteiger charge is -2.31. The van der Waals surface area contributed by atoms with Crippen LogP contribution in [0.2, 0.25) is 0 Å². The van der Waals surface area contributed by atoms with Gasteiger partial charge >= 0.3 is 0 Å². The fraction of sp³-hybridized carbons (Fsp3) is 0.462. The minimum absolute atomic E-state index is 0.0357. The van der Waals surface area contributed by atoms with Crippen LogP contribution in [0.1, 0.15) is 53.0 Å². The Morgan fingerprint density at radius 2 is 1.81 bits per heavy atom. The molecule has 5 nitrogen and oxygen atoms in total. The van der Waals surface area contributed by atoms with E-state index in [1.165, 1.54) is 12.8 Å². The van der Waals surface area contributed by atoms with Crippen LogP contribution >= 0.6 is 0 Å². The Balaban J connectivity index is 1.45. The average Bonchev–Trinajstić information content (AvgIpc) is 3.22. The smallest absolute Gasteiger partial charge is 0.254 e. The molecule has 4 rings (SSSR count). The van der Waals surface area contributed by atoms with E-state index in [2.05, 4.69) is 17.9 Å². The monoisotopic (exact) mass is 419 g/mol. The molecule has 5 heteroatoms. The second-order valence-electron chi connectivity index (χ2n) is 8.84. The molecule has 1 saturated heterocycles. The van der Waals surface area contributed by atoms with Crippen molar-refractivity contribution in [3.63, 3.8) is 0 Å². The summed E-state index contributed by atoms with van der Waals surface area (Å²) in [6.45, 7) is 8.66. The molecule has 2 aliphatic rings. The van der Waals surface area contributed by atoms with Crippen LogP contribution in [0.25, 0.3) is 11.1 Å². The third kappa shape index (κ3) is 4.52. The quantitative estimate of drug-likeness (QED) is 0.713. The van der Waals surface area contributed by atoms with Gasteiger partial charge in [-0.25, -0.2) is 0 Å². The molecule has 2 aliphatic heterocycles. The number of benzene rings is 2. The molecule has 0 unspecified atom stereocenters. The van der Waals surface area contributed by atoms with Crippen molar-refractivity contribution in [3.8, 4) is 11.1 Å². The van der Waals surface area contributed by atoms with Gasteiger partial charge in [0.25, 0.3) is 11.8 Å². The fourth-order valence-electron chi connectivity index (χ4n) is 4.67. The molecule has 0 spiro atoms. The van der Waals surface area contributed by atoms with Gasteiger partial charge in [0.1, 0.15) is 0 Å². The molecular weight excluding hydrogens is 386 g/mol. The first-order chi connectivity index (χ1) is 15.0. The summed E-state index contributed by atoms with van der Waals surface area (Å²) in [4.78, 5) is 31.6. The summed E-state index contributed by atoms with van der Waals surface area (Å²) in [5, 5.41) is 0. The van der Waals surface area contributed by atoms with E-state index in [1.807, 2.05) is 55.3 Å². The van der Waals surface area contributed by atoms with Crippen LogP contribution in [0.4, 0.5) is 0 Å². The normalized spacial score (nSPS) is 18.9. The summed E-state index contributed by atoms with van der Waals surface area (Å²) in [6.07, 6.45) is 3.43. The second-order valence-corrected chi connectivity index (χ2v) is 8.84. The number of amides is 2. The summed E-state index contributed by atoms with van der Waals surface area (Å²) in [6, 6.07) is 14.5. The van der Waals surface area contributed by atoms with Gasteiger partial charge in [0.15, 0.2) is 0 Å². The first kappa shape index (κ1) is 21.6. The highest BCUT2D eigenvalue weighted by Crippen LogP contribution is 2.27. The number of carbonyl (C=O) groups excluding carboxylic acids is 2.